The maximum absolute atomic E-state index is 12.5. The molecule has 9 nitrogen and oxygen atoms in total. The molecule has 0 aliphatic carbocycles. The molecule has 0 fully saturated rings. The highest BCUT2D eigenvalue weighted by molar-refractivity contribution is 6.24. The number of ether oxygens (including phenoxy) is 1. The molecule has 2 aromatic rings. The van der Waals surface area contributed by atoms with E-state index in [-0.39, 0.29) is 11.1 Å². The van der Waals surface area contributed by atoms with Gasteiger partial charge in [0, 0.05) is 11.6 Å². The molecule has 1 heterocycles. The number of nitrogens with zero attached hydrogens (tertiary/aromatic N) is 2. The van der Waals surface area contributed by atoms with Crippen molar-refractivity contribution < 1.29 is 28.8 Å². The van der Waals surface area contributed by atoms with Gasteiger partial charge in [0.2, 0.25) is 5.78 Å². The van der Waals surface area contributed by atoms with Gasteiger partial charge in [-0.15, -0.1) is 0 Å². The Morgan fingerprint density at radius 3 is 2.43 bits per heavy atom. The van der Waals surface area contributed by atoms with Crippen LogP contribution < -0.4 is 0 Å². The molecule has 0 aromatic heterocycles. The first-order chi connectivity index (χ1) is 14.1. The number of benzene rings is 2. The molecule has 3 rings (SSSR count). The highest BCUT2D eigenvalue weighted by atomic mass is 16.6. The number of nitro benzene ring substituents is 1. The van der Waals surface area contributed by atoms with Gasteiger partial charge in [0.05, 0.1) is 10.5 Å². The number of ketones is 1. The van der Waals surface area contributed by atoms with Gasteiger partial charge in [-0.05, 0) is 44.0 Å². The Bertz CT molecular complexity index is 1110. The summed E-state index contributed by atoms with van der Waals surface area (Å²) in [6.07, 6.45) is -1.14. The quantitative estimate of drug-likeness (QED) is 0.236. The number of fused-ring (bicyclic) bond motifs is 1. The number of Topliss-reactive ketones (excluding diaryl/α,β-unsaturated/α-hetero) is 1. The number of hydrogen-bond donors (Lipinski definition) is 0. The second-order valence-electron chi connectivity index (χ2n) is 6.95. The molecule has 0 bridgehead atoms. The van der Waals surface area contributed by atoms with E-state index in [1.54, 1.807) is 18.2 Å². The van der Waals surface area contributed by atoms with Crippen LogP contribution in [-0.2, 0) is 9.53 Å². The van der Waals surface area contributed by atoms with Gasteiger partial charge in [-0.2, -0.15) is 0 Å². The highest BCUT2D eigenvalue weighted by Gasteiger charge is 2.42. The molecule has 0 N–H and O–H groups in total. The number of rotatable bonds is 6. The zero-order valence-corrected chi connectivity index (χ0v) is 16.5. The van der Waals surface area contributed by atoms with E-state index in [2.05, 4.69) is 0 Å². The maximum Gasteiger partial charge on any atom is 0.326 e. The Morgan fingerprint density at radius 2 is 1.80 bits per heavy atom. The van der Waals surface area contributed by atoms with Gasteiger partial charge < -0.3 is 4.74 Å². The van der Waals surface area contributed by atoms with Crippen LogP contribution in [0.15, 0.2) is 36.4 Å². The van der Waals surface area contributed by atoms with Crippen molar-refractivity contribution in [2.75, 3.05) is 6.54 Å². The van der Waals surface area contributed by atoms with Crippen LogP contribution in [-0.4, -0.2) is 46.0 Å². The molecular formula is C21H18N2O7. The number of amides is 2. The van der Waals surface area contributed by atoms with Crippen LogP contribution in [0.4, 0.5) is 5.69 Å². The van der Waals surface area contributed by atoms with Crippen molar-refractivity contribution in [3.63, 3.8) is 0 Å². The average Bonchev–Trinajstić information content (AvgIpc) is 2.94. The second-order valence-corrected chi connectivity index (χ2v) is 6.95. The van der Waals surface area contributed by atoms with E-state index in [1.165, 1.54) is 19.1 Å². The molecular weight excluding hydrogens is 392 g/mol. The van der Waals surface area contributed by atoms with Crippen molar-refractivity contribution in [1.29, 1.82) is 0 Å². The van der Waals surface area contributed by atoms with Crippen molar-refractivity contribution in [3.05, 3.63) is 74.3 Å². The summed E-state index contributed by atoms with van der Waals surface area (Å²) in [6.45, 7) is 4.39. The minimum Gasteiger partial charge on any atom is -0.453 e. The zero-order chi connectivity index (χ0) is 22.2. The van der Waals surface area contributed by atoms with Gasteiger partial charge >= 0.3 is 5.97 Å². The number of nitro groups is 1. The maximum atomic E-state index is 12.5. The van der Waals surface area contributed by atoms with E-state index in [0.29, 0.717) is 10.5 Å². The fourth-order valence-corrected chi connectivity index (χ4v) is 3.16. The van der Waals surface area contributed by atoms with Crippen LogP contribution in [0.25, 0.3) is 0 Å². The van der Waals surface area contributed by atoms with Crippen LogP contribution in [0.2, 0.25) is 0 Å². The van der Waals surface area contributed by atoms with Gasteiger partial charge in [0.25, 0.3) is 17.5 Å². The van der Waals surface area contributed by atoms with E-state index < -0.39 is 46.8 Å². The molecule has 0 saturated heterocycles. The lowest BCUT2D eigenvalue weighted by Gasteiger charge is -2.16. The third kappa shape index (κ3) is 3.69. The van der Waals surface area contributed by atoms with Crippen LogP contribution in [0, 0.1) is 24.0 Å². The topological polar surface area (TPSA) is 124 Å². The summed E-state index contributed by atoms with van der Waals surface area (Å²) in [4.78, 5) is 60.7. The number of hydrogen-bond acceptors (Lipinski definition) is 7. The third-order valence-corrected chi connectivity index (χ3v) is 4.93. The van der Waals surface area contributed by atoms with Crippen molar-refractivity contribution in [3.8, 4) is 0 Å². The van der Waals surface area contributed by atoms with Gasteiger partial charge in [-0.25, -0.2) is 0 Å². The Kier molecular flexibility index (Phi) is 5.46. The number of carbonyl (C=O) groups is 4. The summed E-state index contributed by atoms with van der Waals surface area (Å²) < 4.78 is 5.10. The van der Waals surface area contributed by atoms with E-state index in [4.69, 9.17) is 4.74 Å². The smallest absolute Gasteiger partial charge is 0.326 e. The fraction of sp³-hybridized carbons (Fsp3) is 0.238. The van der Waals surface area contributed by atoms with Gasteiger partial charge in [0.15, 0.2) is 6.10 Å². The minimum absolute atomic E-state index is 0.152. The van der Waals surface area contributed by atoms with E-state index in [0.717, 1.165) is 17.2 Å². The van der Waals surface area contributed by atoms with Gasteiger partial charge in [0.1, 0.15) is 12.1 Å². The number of esters is 1. The second kappa shape index (κ2) is 7.86. The summed E-state index contributed by atoms with van der Waals surface area (Å²) >= 11 is 0. The molecule has 0 unspecified atom stereocenters. The Hall–Kier alpha value is -3.88. The summed E-state index contributed by atoms with van der Waals surface area (Å²) in [6, 6.07) is 8.76. The summed E-state index contributed by atoms with van der Waals surface area (Å²) in [5.41, 5.74) is 1.26. The van der Waals surface area contributed by atoms with Crippen LogP contribution >= 0.6 is 0 Å². The monoisotopic (exact) mass is 410 g/mol. The Balaban J connectivity index is 1.72. The fourth-order valence-electron chi connectivity index (χ4n) is 3.16. The predicted molar refractivity (Wildman–Crippen MR) is 104 cm³/mol. The number of imide groups is 1. The number of aryl methyl sites for hydroxylation is 2. The molecule has 154 valence electrons. The standard InChI is InChI=1S/C21H18N2O7/c1-11-7-8-14(9-12(11)2)19(25)13(3)30-17(24)10-22-20(26)15-5-4-6-16(23(28)29)18(15)21(22)27/h4-9,13H,10H2,1-3H3/t13-/m0/s1. The van der Waals surface area contributed by atoms with Crippen molar-refractivity contribution in [2.45, 2.75) is 26.9 Å². The van der Waals surface area contributed by atoms with Crippen LogP contribution in [0.1, 0.15) is 49.1 Å². The first-order valence-corrected chi connectivity index (χ1v) is 9.06. The average molecular weight is 410 g/mol. The molecule has 0 radical (unpaired) electrons. The lowest BCUT2D eigenvalue weighted by atomic mass is 10.0. The molecule has 0 saturated carbocycles. The van der Waals surface area contributed by atoms with Crippen molar-refractivity contribution in [2.24, 2.45) is 0 Å². The Morgan fingerprint density at radius 1 is 1.10 bits per heavy atom. The summed E-state index contributed by atoms with van der Waals surface area (Å²) in [7, 11) is 0. The lowest BCUT2D eigenvalue weighted by Crippen LogP contribution is -2.37. The van der Waals surface area contributed by atoms with Gasteiger partial charge in [-0.3, -0.25) is 34.2 Å². The van der Waals surface area contributed by atoms with Crippen molar-refractivity contribution >= 4 is 29.3 Å². The zero-order valence-electron chi connectivity index (χ0n) is 16.5. The van der Waals surface area contributed by atoms with Gasteiger partial charge in [-0.1, -0.05) is 18.2 Å². The molecule has 1 aliphatic heterocycles. The van der Waals surface area contributed by atoms with E-state index in [9.17, 15) is 29.3 Å². The SMILES string of the molecule is Cc1ccc(C(=O)[C@H](C)OC(=O)CN2C(=O)c3cccc([N+](=O)[O-])c3C2=O)cc1C. The molecule has 2 aromatic carbocycles. The van der Waals surface area contributed by atoms with E-state index >= 15 is 0 Å². The summed E-state index contributed by atoms with van der Waals surface area (Å²) in [5.74, 6) is -3.18. The van der Waals surface area contributed by atoms with Crippen LogP contribution in [0.3, 0.4) is 0 Å². The first kappa shape index (κ1) is 20.8. The predicted octanol–water partition coefficient (Wildman–Crippen LogP) is 2.62. The molecule has 2 amide bonds. The molecule has 9 heteroatoms. The largest absolute Gasteiger partial charge is 0.453 e. The number of carbonyl (C=O) groups excluding carboxylic acids is 4. The third-order valence-electron chi connectivity index (χ3n) is 4.93. The summed E-state index contributed by atoms with van der Waals surface area (Å²) in [5, 5.41) is 11.1. The highest BCUT2D eigenvalue weighted by Crippen LogP contribution is 2.30. The molecule has 1 aliphatic rings. The molecule has 30 heavy (non-hydrogen) atoms. The van der Waals surface area contributed by atoms with Crippen molar-refractivity contribution in [1.82, 2.24) is 4.90 Å². The molecule has 0 spiro atoms. The first-order valence-electron chi connectivity index (χ1n) is 9.06. The van der Waals surface area contributed by atoms with E-state index in [1.807, 2.05) is 13.8 Å². The normalized spacial score (nSPS) is 13.8. The minimum atomic E-state index is -1.14. The Labute approximate surface area is 171 Å². The molecule has 1 atom stereocenters. The lowest BCUT2D eigenvalue weighted by molar-refractivity contribution is -0.385. The van der Waals surface area contributed by atoms with Crippen LogP contribution in [0.5, 0.6) is 0 Å².